The van der Waals surface area contributed by atoms with Gasteiger partial charge in [-0.25, -0.2) is 0 Å². The molecule has 1 aliphatic heterocycles. The molecule has 17 heavy (non-hydrogen) atoms. The number of phenolic OH excluding ortho intramolecular Hbond substituents is 1. The van der Waals surface area contributed by atoms with Crippen molar-refractivity contribution in [1.29, 1.82) is 0 Å². The van der Waals surface area contributed by atoms with E-state index in [4.69, 9.17) is 4.74 Å². The molecule has 0 bridgehead atoms. The summed E-state index contributed by atoms with van der Waals surface area (Å²) in [5.74, 6) is 0.874. The number of ether oxygens (including phenoxy) is 1. The molecule has 0 unspecified atom stereocenters. The highest BCUT2D eigenvalue weighted by Gasteiger charge is 2.46. The minimum absolute atomic E-state index is 0.0924. The summed E-state index contributed by atoms with van der Waals surface area (Å²) in [4.78, 5) is 0. The third-order valence-electron chi connectivity index (χ3n) is 3.83. The molecule has 1 aromatic carbocycles. The molecule has 1 heterocycles. The van der Waals surface area contributed by atoms with Crippen molar-refractivity contribution in [3.05, 3.63) is 29.3 Å². The van der Waals surface area contributed by atoms with Gasteiger partial charge in [-0.1, -0.05) is 19.1 Å². The summed E-state index contributed by atoms with van der Waals surface area (Å²) in [6.07, 6.45) is 2.63. The molecule has 2 nitrogen and oxygen atoms in total. The Morgan fingerprint density at radius 1 is 1.41 bits per heavy atom. The standard InChI is InChI=1S/C15H22O2/c1-10(6-8-14-15(3,4)17-14)12-7-5-11(2)13(16)9-12/h5,7,9-10,14,16H,6,8H2,1-4H3/t10-,14-/m1/s1. The zero-order chi connectivity index (χ0) is 12.6. The van der Waals surface area contributed by atoms with Crippen molar-refractivity contribution < 1.29 is 9.84 Å². The van der Waals surface area contributed by atoms with E-state index in [9.17, 15) is 5.11 Å². The van der Waals surface area contributed by atoms with Crippen molar-refractivity contribution >= 4 is 0 Å². The van der Waals surface area contributed by atoms with Crippen LogP contribution in [0.4, 0.5) is 0 Å². The van der Waals surface area contributed by atoms with E-state index >= 15 is 0 Å². The maximum absolute atomic E-state index is 9.70. The van der Waals surface area contributed by atoms with Gasteiger partial charge in [0, 0.05) is 0 Å². The lowest BCUT2D eigenvalue weighted by Crippen LogP contribution is -2.04. The second-order valence-corrected chi connectivity index (χ2v) is 5.73. The van der Waals surface area contributed by atoms with Crippen molar-refractivity contribution in [2.24, 2.45) is 0 Å². The Morgan fingerprint density at radius 2 is 2.06 bits per heavy atom. The molecule has 0 saturated carbocycles. The lowest BCUT2D eigenvalue weighted by molar-refractivity contribution is 0.317. The molecular formula is C15H22O2. The molecular weight excluding hydrogens is 212 g/mol. The van der Waals surface area contributed by atoms with Crippen LogP contribution in [0.3, 0.4) is 0 Å². The van der Waals surface area contributed by atoms with Crippen LogP contribution in [0.5, 0.6) is 5.75 Å². The number of aromatic hydroxyl groups is 1. The molecule has 2 rings (SSSR count). The fourth-order valence-corrected chi connectivity index (χ4v) is 2.24. The van der Waals surface area contributed by atoms with Crippen molar-refractivity contribution in [2.45, 2.75) is 58.2 Å². The fraction of sp³-hybridized carbons (Fsp3) is 0.600. The van der Waals surface area contributed by atoms with Gasteiger partial charge < -0.3 is 9.84 Å². The molecule has 0 aliphatic carbocycles. The highest BCUT2D eigenvalue weighted by atomic mass is 16.6. The van der Waals surface area contributed by atoms with Gasteiger partial charge in [0.2, 0.25) is 0 Å². The van der Waals surface area contributed by atoms with E-state index in [0.29, 0.717) is 17.8 Å². The Bertz CT molecular complexity index is 409. The zero-order valence-corrected chi connectivity index (χ0v) is 11.2. The van der Waals surface area contributed by atoms with Crippen molar-refractivity contribution in [3.63, 3.8) is 0 Å². The summed E-state index contributed by atoms with van der Waals surface area (Å²) in [6, 6.07) is 5.98. The van der Waals surface area contributed by atoms with E-state index < -0.39 is 0 Å². The second-order valence-electron chi connectivity index (χ2n) is 5.73. The Balaban J connectivity index is 1.91. The number of epoxide rings is 1. The van der Waals surface area contributed by atoms with Gasteiger partial charge in [0.15, 0.2) is 0 Å². The fourth-order valence-electron chi connectivity index (χ4n) is 2.24. The average Bonchev–Trinajstić information content (AvgIpc) is 2.87. The quantitative estimate of drug-likeness (QED) is 0.804. The monoisotopic (exact) mass is 234 g/mol. The van der Waals surface area contributed by atoms with E-state index in [0.717, 1.165) is 18.4 Å². The number of aryl methyl sites for hydroxylation is 1. The molecule has 0 radical (unpaired) electrons. The molecule has 1 N–H and O–H groups in total. The highest BCUT2D eigenvalue weighted by Crippen LogP contribution is 2.40. The second kappa shape index (κ2) is 4.34. The number of hydrogen-bond acceptors (Lipinski definition) is 2. The van der Waals surface area contributed by atoms with E-state index in [1.165, 1.54) is 5.56 Å². The summed E-state index contributed by atoms with van der Waals surface area (Å²) in [5, 5.41) is 9.70. The molecule has 94 valence electrons. The topological polar surface area (TPSA) is 32.8 Å². The maximum Gasteiger partial charge on any atom is 0.118 e. The predicted molar refractivity (Wildman–Crippen MR) is 69.4 cm³/mol. The van der Waals surface area contributed by atoms with Crippen LogP contribution in [0.15, 0.2) is 18.2 Å². The summed E-state index contributed by atoms with van der Waals surface area (Å²) >= 11 is 0. The Morgan fingerprint density at radius 3 is 2.59 bits per heavy atom. The largest absolute Gasteiger partial charge is 0.508 e. The Hall–Kier alpha value is -1.02. The van der Waals surface area contributed by atoms with Crippen molar-refractivity contribution in [1.82, 2.24) is 0 Å². The lowest BCUT2D eigenvalue weighted by Gasteiger charge is -2.12. The van der Waals surface area contributed by atoms with Gasteiger partial charge in [-0.05, 0) is 56.7 Å². The number of phenols is 1. The first kappa shape index (κ1) is 12.4. The third-order valence-corrected chi connectivity index (χ3v) is 3.83. The first-order valence-electron chi connectivity index (χ1n) is 6.37. The SMILES string of the molecule is Cc1ccc([C@H](C)CC[C@H]2OC2(C)C)cc1O. The molecule has 2 atom stereocenters. The summed E-state index contributed by atoms with van der Waals surface area (Å²) in [5.41, 5.74) is 2.24. The van der Waals surface area contributed by atoms with Crippen LogP contribution >= 0.6 is 0 Å². The van der Waals surface area contributed by atoms with Crippen LogP contribution in [0.1, 0.15) is 50.7 Å². The van der Waals surface area contributed by atoms with Gasteiger partial charge in [0.25, 0.3) is 0 Å². The van der Waals surface area contributed by atoms with Crippen LogP contribution in [0.2, 0.25) is 0 Å². The smallest absolute Gasteiger partial charge is 0.118 e. The molecule has 0 aromatic heterocycles. The van der Waals surface area contributed by atoms with Gasteiger partial charge in [-0.2, -0.15) is 0 Å². The first-order valence-corrected chi connectivity index (χ1v) is 6.37. The summed E-state index contributed by atoms with van der Waals surface area (Å²) < 4.78 is 5.58. The van der Waals surface area contributed by atoms with Gasteiger partial charge in [0.05, 0.1) is 11.7 Å². The third kappa shape index (κ3) is 2.81. The summed E-state index contributed by atoms with van der Waals surface area (Å²) in [7, 11) is 0. The first-order chi connectivity index (χ1) is 7.90. The van der Waals surface area contributed by atoms with Crippen LogP contribution in [-0.2, 0) is 4.74 Å². The average molecular weight is 234 g/mol. The Labute approximate surface area is 104 Å². The highest BCUT2D eigenvalue weighted by molar-refractivity contribution is 5.36. The zero-order valence-electron chi connectivity index (χ0n) is 11.2. The van der Waals surface area contributed by atoms with E-state index in [2.05, 4.69) is 26.8 Å². The number of rotatable bonds is 4. The lowest BCUT2D eigenvalue weighted by atomic mass is 9.93. The van der Waals surface area contributed by atoms with Gasteiger partial charge in [-0.3, -0.25) is 0 Å². The number of hydrogen-bond donors (Lipinski definition) is 1. The molecule has 1 aliphatic rings. The molecule has 1 fully saturated rings. The van der Waals surface area contributed by atoms with Crippen LogP contribution in [-0.4, -0.2) is 16.8 Å². The van der Waals surface area contributed by atoms with E-state index in [-0.39, 0.29) is 5.60 Å². The maximum atomic E-state index is 9.70. The van der Waals surface area contributed by atoms with Crippen LogP contribution in [0.25, 0.3) is 0 Å². The van der Waals surface area contributed by atoms with Crippen molar-refractivity contribution in [2.75, 3.05) is 0 Å². The van der Waals surface area contributed by atoms with Crippen molar-refractivity contribution in [3.8, 4) is 5.75 Å². The molecule has 1 aromatic rings. The van der Waals surface area contributed by atoms with Gasteiger partial charge >= 0.3 is 0 Å². The molecule has 1 saturated heterocycles. The van der Waals surface area contributed by atoms with Gasteiger partial charge in [0.1, 0.15) is 5.75 Å². The van der Waals surface area contributed by atoms with Crippen LogP contribution in [0, 0.1) is 6.92 Å². The van der Waals surface area contributed by atoms with Gasteiger partial charge in [-0.15, -0.1) is 0 Å². The summed E-state index contributed by atoms with van der Waals surface area (Å²) in [6.45, 7) is 8.41. The normalized spacial score (nSPS) is 23.4. The number of benzene rings is 1. The Kier molecular flexibility index (Phi) is 3.17. The minimum Gasteiger partial charge on any atom is -0.508 e. The predicted octanol–water partition coefficient (Wildman–Crippen LogP) is 3.76. The molecule has 0 amide bonds. The molecule has 2 heteroatoms. The van der Waals surface area contributed by atoms with E-state index in [1.54, 1.807) is 0 Å². The molecule has 0 spiro atoms. The van der Waals surface area contributed by atoms with Crippen LogP contribution < -0.4 is 0 Å². The van der Waals surface area contributed by atoms with E-state index in [1.807, 2.05) is 19.1 Å². The minimum atomic E-state index is 0.0924.